The van der Waals surface area contributed by atoms with Crippen LogP contribution in [-0.4, -0.2) is 18.3 Å². The zero-order valence-electron chi connectivity index (χ0n) is 10.4. The van der Waals surface area contributed by atoms with Crippen LogP contribution in [-0.2, 0) is 6.54 Å². The van der Waals surface area contributed by atoms with Crippen LogP contribution in [0.15, 0.2) is 29.2 Å². The molecule has 1 aromatic rings. The van der Waals surface area contributed by atoms with Gasteiger partial charge in [-0.25, -0.2) is 0 Å². The van der Waals surface area contributed by atoms with Crippen molar-refractivity contribution in [1.29, 1.82) is 0 Å². The first-order valence-corrected chi connectivity index (χ1v) is 6.88. The number of nitrogens with two attached hydrogens (primary N) is 1. The largest absolute Gasteiger partial charge is 0.330 e. The lowest BCUT2D eigenvalue weighted by Gasteiger charge is -2.25. The van der Waals surface area contributed by atoms with Crippen molar-refractivity contribution in [1.82, 2.24) is 5.32 Å². The Balaban J connectivity index is 2.48. The Morgan fingerprint density at radius 3 is 2.38 bits per heavy atom. The van der Waals surface area contributed by atoms with E-state index in [4.69, 9.17) is 5.73 Å². The Labute approximate surface area is 103 Å². The molecule has 1 aromatic carbocycles. The highest BCUT2D eigenvalue weighted by atomic mass is 32.2. The molecule has 0 fully saturated rings. The maximum Gasteiger partial charge on any atom is 0.0210 e. The Morgan fingerprint density at radius 1 is 1.25 bits per heavy atom. The Kier molecular flexibility index (Phi) is 5.32. The van der Waals surface area contributed by atoms with E-state index in [1.807, 2.05) is 0 Å². The van der Waals surface area contributed by atoms with Crippen LogP contribution in [0.5, 0.6) is 0 Å². The molecule has 0 heterocycles. The maximum atomic E-state index is 5.58. The Bertz CT molecular complexity index is 306. The molecule has 0 aromatic heterocycles. The second-order valence-electron chi connectivity index (χ2n) is 4.62. The van der Waals surface area contributed by atoms with E-state index in [-0.39, 0.29) is 5.54 Å². The molecule has 90 valence electrons. The third-order valence-corrected chi connectivity index (χ3v) is 3.44. The SMILES string of the molecule is CSc1ccc(CNC(C)(C)CCN)cc1. The lowest BCUT2D eigenvalue weighted by Crippen LogP contribution is -2.40. The summed E-state index contributed by atoms with van der Waals surface area (Å²) in [6, 6.07) is 8.68. The van der Waals surface area contributed by atoms with Gasteiger partial charge in [-0.2, -0.15) is 0 Å². The molecule has 16 heavy (non-hydrogen) atoms. The lowest BCUT2D eigenvalue weighted by molar-refractivity contribution is 0.365. The van der Waals surface area contributed by atoms with Crippen LogP contribution in [0.1, 0.15) is 25.8 Å². The summed E-state index contributed by atoms with van der Waals surface area (Å²) >= 11 is 1.77. The van der Waals surface area contributed by atoms with Crippen molar-refractivity contribution < 1.29 is 0 Å². The van der Waals surface area contributed by atoms with Crippen LogP contribution in [0.25, 0.3) is 0 Å². The minimum absolute atomic E-state index is 0.118. The van der Waals surface area contributed by atoms with E-state index in [0.717, 1.165) is 19.5 Å². The lowest BCUT2D eigenvalue weighted by atomic mass is 10.0. The average Bonchev–Trinajstić information content (AvgIpc) is 2.27. The van der Waals surface area contributed by atoms with E-state index in [2.05, 4.69) is 49.7 Å². The minimum atomic E-state index is 0.118. The van der Waals surface area contributed by atoms with Gasteiger partial charge in [-0.3, -0.25) is 0 Å². The number of rotatable bonds is 6. The molecule has 0 bridgehead atoms. The van der Waals surface area contributed by atoms with E-state index >= 15 is 0 Å². The standard InChI is InChI=1S/C13H22N2S/c1-13(2,8-9-14)15-10-11-4-6-12(16-3)7-5-11/h4-7,15H,8-10,14H2,1-3H3. The van der Waals surface area contributed by atoms with Gasteiger partial charge in [0.25, 0.3) is 0 Å². The smallest absolute Gasteiger partial charge is 0.0210 e. The molecular weight excluding hydrogens is 216 g/mol. The Morgan fingerprint density at radius 2 is 1.88 bits per heavy atom. The molecule has 0 saturated heterocycles. The number of nitrogens with one attached hydrogen (secondary N) is 1. The monoisotopic (exact) mass is 238 g/mol. The number of thioether (sulfide) groups is 1. The molecule has 0 radical (unpaired) electrons. The van der Waals surface area contributed by atoms with Gasteiger partial charge in [0.05, 0.1) is 0 Å². The van der Waals surface area contributed by atoms with E-state index in [1.165, 1.54) is 10.5 Å². The van der Waals surface area contributed by atoms with Gasteiger partial charge in [0.1, 0.15) is 0 Å². The molecule has 0 unspecified atom stereocenters. The van der Waals surface area contributed by atoms with E-state index in [0.29, 0.717) is 0 Å². The Hall–Kier alpha value is -0.510. The fourth-order valence-electron chi connectivity index (χ4n) is 1.53. The highest BCUT2D eigenvalue weighted by Gasteiger charge is 2.14. The maximum absolute atomic E-state index is 5.58. The zero-order chi connectivity index (χ0) is 12.0. The summed E-state index contributed by atoms with van der Waals surface area (Å²) in [7, 11) is 0. The van der Waals surface area contributed by atoms with Gasteiger partial charge >= 0.3 is 0 Å². The van der Waals surface area contributed by atoms with Crippen LogP contribution in [0, 0.1) is 0 Å². The van der Waals surface area contributed by atoms with Crippen molar-refractivity contribution in [2.45, 2.75) is 37.2 Å². The first kappa shape index (κ1) is 13.6. The zero-order valence-corrected chi connectivity index (χ0v) is 11.2. The summed E-state index contributed by atoms with van der Waals surface area (Å²) < 4.78 is 0. The van der Waals surface area contributed by atoms with E-state index in [9.17, 15) is 0 Å². The number of hydrogen-bond donors (Lipinski definition) is 2. The second-order valence-corrected chi connectivity index (χ2v) is 5.50. The topological polar surface area (TPSA) is 38.0 Å². The minimum Gasteiger partial charge on any atom is -0.330 e. The van der Waals surface area contributed by atoms with Crippen molar-refractivity contribution in [2.24, 2.45) is 5.73 Å². The first-order valence-electron chi connectivity index (χ1n) is 5.65. The normalized spacial score (nSPS) is 11.8. The summed E-state index contributed by atoms with van der Waals surface area (Å²) in [6.07, 6.45) is 3.09. The third kappa shape index (κ3) is 4.56. The van der Waals surface area contributed by atoms with Crippen LogP contribution in [0.3, 0.4) is 0 Å². The molecule has 3 N–H and O–H groups in total. The average molecular weight is 238 g/mol. The summed E-state index contributed by atoms with van der Waals surface area (Å²) in [5.41, 5.74) is 7.02. The summed E-state index contributed by atoms with van der Waals surface area (Å²) in [5.74, 6) is 0. The molecule has 0 aliphatic carbocycles. The second kappa shape index (κ2) is 6.28. The van der Waals surface area contributed by atoms with E-state index in [1.54, 1.807) is 11.8 Å². The summed E-state index contributed by atoms with van der Waals surface area (Å²) in [6.45, 7) is 6.01. The van der Waals surface area contributed by atoms with Crippen molar-refractivity contribution in [2.75, 3.05) is 12.8 Å². The van der Waals surface area contributed by atoms with Crippen LogP contribution < -0.4 is 11.1 Å². The van der Waals surface area contributed by atoms with Gasteiger partial charge in [0.15, 0.2) is 0 Å². The van der Waals surface area contributed by atoms with Crippen LogP contribution in [0.4, 0.5) is 0 Å². The van der Waals surface area contributed by atoms with Crippen molar-refractivity contribution in [3.8, 4) is 0 Å². The van der Waals surface area contributed by atoms with Crippen molar-refractivity contribution >= 4 is 11.8 Å². The molecule has 2 nitrogen and oxygen atoms in total. The predicted molar refractivity (Wildman–Crippen MR) is 72.8 cm³/mol. The van der Waals surface area contributed by atoms with Crippen LogP contribution >= 0.6 is 11.8 Å². The quantitative estimate of drug-likeness (QED) is 0.748. The molecular formula is C13H22N2S. The van der Waals surface area contributed by atoms with Crippen molar-refractivity contribution in [3.63, 3.8) is 0 Å². The molecule has 0 amide bonds. The van der Waals surface area contributed by atoms with Crippen LogP contribution in [0.2, 0.25) is 0 Å². The van der Waals surface area contributed by atoms with Gasteiger partial charge in [-0.15, -0.1) is 11.8 Å². The molecule has 0 aliphatic heterocycles. The number of benzene rings is 1. The van der Waals surface area contributed by atoms with Crippen molar-refractivity contribution in [3.05, 3.63) is 29.8 Å². The molecule has 0 aliphatic rings. The third-order valence-electron chi connectivity index (χ3n) is 2.70. The van der Waals surface area contributed by atoms with Gasteiger partial charge in [-0.1, -0.05) is 12.1 Å². The fraction of sp³-hybridized carbons (Fsp3) is 0.538. The highest BCUT2D eigenvalue weighted by Crippen LogP contribution is 2.15. The number of hydrogen-bond acceptors (Lipinski definition) is 3. The summed E-state index contributed by atoms with van der Waals surface area (Å²) in [5, 5.41) is 3.53. The molecule has 0 spiro atoms. The first-order chi connectivity index (χ1) is 7.57. The molecule has 1 rings (SSSR count). The highest BCUT2D eigenvalue weighted by molar-refractivity contribution is 7.98. The summed E-state index contributed by atoms with van der Waals surface area (Å²) in [4.78, 5) is 1.31. The molecule has 0 atom stereocenters. The van der Waals surface area contributed by atoms with Gasteiger partial charge in [-0.05, 0) is 50.8 Å². The molecule has 0 saturated carbocycles. The van der Waals surface area contributed by atoms with Gasteiger partial charge in [0.2, 0.25) is 0 Å². The van der Waals surface area contributed by atoms with Gasteiger partial charge in [0, 0.05) is 17.0 Å². The molecule has 3 heteroatoms. The predicted octanol–water partition coefficient (Wildman–Crippen LogP) is 2.63. The van der Waals surface area contributed by atoms with E-state index < -0.39 is 0 Å². The van der Waals surface area contributed by atoms with Gasteiger partial charge < -0.3 is 11.1 Å². The fourth-order valence-corrected chi connectivity index (χ4v) is 1.94.